The Balaban J connectivity index is 2.19. The highest BCUT2D eigenvalue weighted by Crippen LogP contribution is 2.19. The molecule has 0 aliphatic carbocycles. The van der Waals surface area contributed by atoms with Crippen LogP contribution in [-0.2, 0) is 16.4 Å². The van der Waals surface area contributed by atoms with Crippen LogP contribution in [0.3, 0.4) is 0 Å². The summed E-state index contributed by atoms with van der Waals surface area (Å²) in [6.45, 7) is 3.66. The quantitative estimate of drug-likeness (QED) is 0.891. The fourth-order valence-corrected chi connectivity index (χ4v) is 3.17. The van der Waals surface area contributed by atoms with E-state index < -0.39 is 10.0 Å². The highest BCUT2D eigenvalue weighted by Gasteiger charge is 2.20. The molecule has 7 heteroatoms. The van der Waals surface area contributed by atoms with Crippen molar-refractivity contribution in [1.29, 1.82) is 0 Å². The minimum Gasteiger partial charge on any atom is -0.332 e. The maximum Gasteiger partial charge on any atom is 0.258 e. The molecule has 1 aromatic heterocycles. The second-order valence-corrected chi connectivity index (χ2v) is 6.56. The summed E-state index contributed by atoms with van der Waals surface area (Å²) in [5.41, 5.74) is 0.802. The lowest BCUT2D eigenvalue weighted by molar-refractivity contribution is 0.563. The highest BCUT2D eigenvalue weighted by molar-refractivity contribution is 7.89. The van der Waals surface area contributed by atoms with E-state index in [-0.39, 0.29) is 11.1 Å². The zero-order chi connectivity index (χ0) is 14.8. The molecule has 0 spiro atoms. The van der Waals surface area contributed by atoms with Crippen molar-refractivity contribution < 1.29 is 8.42 Å². The lowest BCUT2D eigenvalue weighted by atomic mass is 10.1. The zero-order valence-corrected chi connectivity index (χ0v) is 12.8. The van der Waals surface area contributed by atoms with Crippen LogP contribution in [0, 0.1) is 0 Å². The van der Waals surface area contributed by atoms with E-state index in [1.54, 1.807) is 25.1 Å². The van der Waals surface area contributed by atoms with Crippen molar-refractivity contribution in [2.45, 2.75) is 31.3 Å². The smallest absolute Gasteiger partial charge is 0.258 e. The van der Waals surface area contributed by atoms with Gasteiger partial charge in [0.15, 0.2) is 5.03 Å². The van der Waals surface area contributed by atoms with Crippen molar-refractivity contribution in [2.24, 2.45) is 0 Å². The molecule has 1 unspecified atom stereocenters. The Labute approximate surface area is 123 Å². The number of imidazole rings is 1. The lowest BCUT2D eigenvalue weighted by Crippen LogP contribution is -2.27. The molecule has 0 bridgehead atoms. The number of halogens is 1. The summed E-state index contributed by atoms with van der Waals surface area (Å²) in [5.74, 6) is 0.640. The van der Waals surface area contributed by atoms with E-state index in [2.05, 4.69) is 14.7 Å². The number of nitrogens with zero attached hydrogens (tertiary/aromatic N) is 1. The van der Waals surface area contributed by atoms with Crippen molar-refractivity contribution in [3.8, 4) is 0 Å². The first-order valence-corrected chi connectivity index (χ1v) is 8.10. The third-order valence-electron chi connectivity index (χ3n) is 2.91. The Morgan fingerprint density at radius 2 is 2.20 bits per heavy atom. The number of hydrogen-bond donors (Lipinski definition) is 2. The van der Waals surface area contributed by atoms with Gasteiger partial charge in [0.05, 0.1) is 6.20 Å². The summed E-state index contributed by atoms with van der Waals surface area (Å²) in [4.78, 5) is 6.78. The van der Waals surface area contributed by atoms with E-state index in [1.165, 1.54) is 6.20 Å². The molecular formula is C13H16ClN3O2S. The molecule has 1 heterocycles. The first-order chi connectivity index (χ1) is 9.42. The van der Waals surface area contributed by atoms with E-state index in [1.807, 2.05) is 13.0 Å². The van der Waals surface area contributed by atoms with Crippen LogP contribution < -0.4 is 4.72 Å². The molecule has 0 fully saturated rings. The zero-order valence-electron chi connectivity index (χ0n) is 11.2. The van der Waals surface area contributed by atoms with Gasteiger partial charge in [0.1, 0.15) is 5.82 Å². The van der Waals surface area contributed by atoms with Crippen molar-refractivity contribution >= 4 is 21.6 Å². The Morgan fingerprint density at radius 1 is 1.45 bits per heavy atom. The number of H-pyrrole nitrogens is 1. The van der Waals surface area contributed by atoms with E-state index in [4.69, 9.17) is 11.6 Å². The molecule has 2 aromatic rings. The minimum absolute atomic E-state index is 0.0724. The summed E-state index contributed by atoms with van der Waals surface area (Å²) >= 11 is 5.91. The molecule has 108 valence electrons. The third-order valence-corrected chi connectivity index (χ3v) is 4.60. The molecule has 5 nitrogen and oxygen atoms in total. The van der Waals surface area contributed by atoms with Gasteiger partial charge in [-0.3, -0.25) is 0 Å². The minimum atomic E-state index is -3.62. The van der Waals surface area contributed by atoms with Gasteiger partial charge in [-0.25, -0.2) is 18.1 Å². The predicted octanol–water partition coefficient (Wildman–Crippen LogP) is 2.67. The van der Waals surface area contributed by atoms with Gasteiger partial charge in [0, 0.05) is 17.5 Å². The van der Waals surface area contributed by atoms with Crippen LogP contribution in [0.2, 0.25) is 5.02 Å². The second kappa shape index (κ2) is 5.95. The predicted molar refractivity (Wildman–Crippen MR) is 78.2 cm³/mol. The monoisotopic (exact) mass is 313 g/mol. The Bertz CT molecular complexity index is 697. The average Bonchev–Trinajstić information content (AvgIpc) is 2.87. The summed E-state index contributed by atoms with van der Waals surface area (Å²) in [6.07, 6.45) is 1.98. The molecule has 1 aromatic carbocycles. The third kappa shape index (κ3) is 3.39. The van der Waals surface area contributed by atoms with Gasteiger partial charge in [0.2, 0.25) is 0 Å². The molecule has 20 heavy (non-hydrogen) atoms. The Morgan fingerprint density at radius 3 is 2.80 bits per heavy atom. The molecule has 2 N–H and O–H groups in total. The molecule has 0 saturated carbocycles. The van der Waals surface area contributed by atoms with Gasteiger partial charge < -0.3 is 4.98 Å². The highest BCUT2D eigenvalue weighted by atomic mass is 35.5. The molecule has 0 aliphatic rings. The number of nitrogens with one attached hydrogen (secondary N) is 2. The van der Waals surface area contributed by atoms with E-state index in [9.17, 15) is 8.42 Å². The first-order valence-electron chi connectivity index (χ1n) is 6.24. The van der Waals surface area contributed by atoms with E-state index in [0.717, 1.165) is 5.56 Å². The van der Waals surface area contributed by atoms with Crippen molar-refractivity contribution in [2.75, 3.05) is 0 Å². The van der Waals surface area contributed by atoms with Gasteiger partial charge in [-0.1, -0.05) is 30.7 Å². The molecule has 1 atom stereocenters. The fourth-order valence-electron chi connectivity index (χ4n) is 1.80. The average molecular weight is 314 g/mol. The first kappa shape index (κ1) is 15.0. The number of sulfonamides is 1. The number of rotatable bonds is 5. The molecular weight excluding hydrogens is 298 g/mol. The molecule has 0 saturated heterocycles. The van der Waals surface area contributed by atoms with Crippen LogP contribution in [0.4, 0.5) is 0 Å². The summed E-state index contributed by atoms with van der Waals surface area (Å²) in [6, 6.07) is 6.71. The number of aryl methyl sites for hydroxylation is 1. The van der Waals surface area contributed by atoms with Gasteiger partial charge in [0.25, 0.3) is 10.0 Å². The Hall–Kier alpha value is -1.37. The largest absolute Gasteiger partial charge is 0.332 e. The maximum atomic E-state index is 12.2. The molecule has 0 amide bonds. The standard InChI is InChI=1S/C13H16ClN3O2S/c1-3-12-15-8-13(16-12)20(18,19)17-9(2)10-5-4-6-11(14)7-10/h4-9,17H,3H2,1-2H3,(H,15,16). The van der Waals surface area contributed by atoms with Crippen LogP contribution in [0.5, 0.6) is 0 Å². The van der Waals surface area contributed by atoms with Crippen molar-refractivity contribution in [3.05, 3.63) is 46.9 Å². The molecule has 2 rings (SSSR count). The van der Waals surface area contributed by atoms with Gasteiger partial charge in [-0.2, -0.15) is 0 Å². The van der Waals surface area contributed by atoms with Crippen LogP contribution in [0.25, 0.3) is 0 Å². The normalized spacial score (nSPS) is 13.3. The topological polar surface area (TPSA) is 74.8 Å². The molecule has 0 aliphatic heterocycles. The van der Waals surface area contributed by atoms with Crippen molar-refractivity contribution in [3.63, 3.8) is 0 Å². The SMILES string of the molecule is CCc1ncc(S(=O)(=O)NC(C)c2cccc(Cl)c2)[nH]1. The lowest BCUT2D eigenvalue weighted by Gasteiger charge is -2.14. The van der Waals surface area contributed by atoms with Crippen LogP contribution in [0.1, 0.15) is 31.3 Å². The van der Waals surface area contributed by atoms with Crippen molar-refractivity contribution in [1.82, 2.24) is 14.7 Å². The fraction of sp³-hybridized carbons (Fsp3) is 0.308. The van der Waals surface area contributed by atoms with E-state index in [0.29, 0.717) is 17.3 Å². The number of hydrogen-bond acceptors (Lipinski definition) is 3. The van der Waals surface area contributed by atoms with Gasteiger partial charge in [-0.05, 0) is 24.6 Å². The number of benzene rings is 1. The van der Waals surface area contributed by atoms with Crippen LogP contribution >= 0.6 is 11.6 Å². The summed E-state index contributed by atoms with van der Waals surface area (Å²) in [5, 5.41) is 0.645. The molecule has 0 radical (unpaired) electrons. The summed E-state index contributed by atoms with van der Waals surface area (Å²) < 4.78 is 27.0. The number of aromatic nitrogens is 2. The van der Waals surface area contributed by atoms with Gasteiger partial charge in [-0.15, -0.1) is 0 Å². The van der Waals surface area contributed by atoms with Crippen LogP contribution in [-0.4, -0.2) is 18.4 Å². The van der Waals surface area contributed by atoms with E-state index >= 15 is 0 Å². The number of aromatic amines is 1. The summed E-state index contributed by atoms with van der Waals surface area (Å²) in [7, 11) is -3.62. The van der Waals surface area contributed by atoms with Gasteiger partial charge >= 0.3 is 0 Å². The van der Waals surface area contributed by atoms with Crippen LogP contribution in [0.15, 0.2) is 35.5 Å². The Kier molecular flexibility index (Phi) is 4.47. The second-order valence-electron chi connectivity index (χ2n) is 4.45. The maximum absolute atomic E-state index is 12.2.